The molecular formula is C23H20N2O2. The lowest BCUT2D eigenvalue weighted by Crippen LogP contribution is -2.11. The second kappa shape index (κ2) is 7.08. The van der Waals surface area contributed by atoms with Gasteiger partial charge in [-0.05, 0) is 60.9 Å². The molecule has 27 heavy (non-hydrogen) atoms. The normalized spacial score (nSPS) is 10.9. The van der Waals surface area contributed by atoms with Crippen LogP contribution in [0.25, 0.3) is 11.1 Å². The van der Waals surface area contributed by atoms with Crippen LogP contribution in [0.1, 0.15) is 32.9 Å². The molecule has 0 bridgehead atoms. The molecule has 0 radical (unpaired) electrons. The number of benzene rings is 3. The molecule has 0 aliphatic carbocycles. The van der Waals surface area contributed by atoms with Crippen LogP contribution in [0.2, 0.25) is 0 Å². The third-order valence-corrected chi connectivity index (χ3v) is 4.37. The van der Waals surface area contributed by atoms with E-state index in [9.17, 15) is 4.79 Å². The fraction of sp³-hybridized carbons (Fsp3) is 0.130. The maximum Gasteiger partial charge on any atom is 0.255 e. The van der Waals surface area contributed by atoms with Crippen LogP contribution in [0.4, 0.5) is 5.69 Å². The van der Waals surface area contributed by atoms with E-state index in [2.05, 4.69) is 16.4 Å². The summed E-state index contributed by atoms with van der Waals surface area (Å²) in [5, 5.41) is 2.95. The Kier molecular flexibility index (Phi) is 4.47. The highest BCUT2D eigenvalue weighted by Crippen LogP contribution is 2.21. The predicted molar refractivity (Wildman–Crippen MR) is 107 cm³/mol. The Bertz CT molecular complexity index is 1090. The van der Waals surface area contributed by atoms with Gasteiger partial charge in [-0.2, -0.15) is 0 Å². The van der Waals surface area contributed by atoms with E-state index in [1.807, 2.05) is 62.4 Å². The molecule has 4 rings (SSSR count). The van der Waals surface area contributed by atoms with E-state index >= 15 is 0 Å². The van der Waals surface area contributed by atoms with E-state index < -0.39 is 0 Å². The summed E-state index contributed by atoms with van der Waals surface area (Å²) in [5.41, 5.74) is 6.07. The topological polar surface area (TPSA) is 55.1 Å². The number of fused-ring (bicyclic) bond motifs is 1. The Morgan fingerprint density at radius 3 is 2.44 bits per heavy atom. The summed E-state index contributed by atoms with van der Waals surface area (Å²) in [5.74, 6) is 0.478. The highest BCUT2D eigenvalue weighted by Gasteiger charge is 2.12. The Morgan fingerprint density at radius 2 is 1.70 bits per heavy atom. The van der Waals surface area contributed by atoms with Gasteiger partial charge in [0, 0.05) is 17.7 Å². The number of carbonyl (C=O) groups excluding carboxylic acids is 1. The molecule has 4 aromatic rings. The molecule has 0 aliphatic heterocycles. The highest BCUT2D eigenvalue weighted by molar-refractivity contribution is 6.05. The molecule has 0 aliphatic rings. The second-order valence-electron chi connectivity index (χ2n) is 6.78. The van der Waals surface area contributed by atoms with Crippen LogP contribution in [-0.4, -0.2) is 10.9 Å². The van der Waals surface area contributed by atoms with Crippen molar-refractivity contribution in [2.24, 2.45) is 0 Å². The summed E-state index contributed by atoms with van der Waals surface area (Å²) in [6, 6.07) is 21.4. The predicted octanol–water partition coefficient (Wildman–Crippen LogP) is 5.29. The molecule has 0 atom stereocenters. The number of rotatable bonds is 4. The van der Waals surface area contributed by atoms with Gasteiger partial charge in [-0.3, -0.25) is 4.79 Å². The van der Waals surface area contributed by atoms with Crippen LogP contribution < -0.4 is 5.32 Å². The summed E-state index contributed by atoms with van der Waals surface area (Å²) < 4.78 is 5.86. The first-order valence-electron chi connectivity index (χ1n) is 8.90. The van der Waals surface area contributed by atoms with E-state index in [1.165, 1.54) is 0 Å². The lowest BCUT2D eigenvalue weighted by Gasteiger charge is -2.07. The van der Waals surface area contributed by atoms with E-state index in [0.29, 0.717) is 23.5 Å². The van der Waals surface area contributed by atoms with Gasteiger partial charge in [0.05, 0.1) is 0 Å². The van der Waals surface area contributed by atoms with Crippen LogP contribution in [0.15, 0.2) is 71.1 Å². The van der Waals surface area contributed by atoms with E-state index in [0.717, 1.165) is 27.9 Å². The number of hydrogen-bond acceptors (Lipinski definition) is 3. The monoisotopic (exact) mass is 356 g/mol. The lowest BCUT2D eigenvalue weighted by molar-refractivity contribution is 0.102. The van der Waals surface area contributed by atoms with E-state index in [1.54, 1.807) is 12.1 Å². The average molecular weight is 356 g/mol. The summed E-state index contributed by atoms with van der Waals surface area (Å²) in [4.78, 5) is 17.1. The van der Waals surface area contributed by atoms with Crippen molar-refractivity contribution in [1.82, 2.24) is 4.98 Å². The highest BCUT2D eigenvalue weighted by atomic mass is 16.3. The Morgan fingerprint density at radius 1 is 0.963 bits per heavy atom. The SMILES string of the molecule is Cc1cc(C)cc(NC(=O)c2ccc3nc(Cc4ccccc4)oc3c2)c1. The fourth-order valence-electron chi connectivity index (χ4n) is 3.21. The van der Waals surface area contributed by atoms with Gasteiger partial charge in [0.1, 0.15) is 5.52 Å². The molecule has 4 nitrogen and oxygen atoms in total. The largest absolute Gasteiger partial charge is 0.440 e. The maximum atomic E-state index is 12.6. The van der Waals surface area contributed by atoms with Gasteiger partial charge in [0.25, 0.3) is 5.91 Å². The average Bonchev–Trinajstić information content (AvgIpc) is 3.03. The second-order valence-corrected chi connectivity index (χ2v) is 6.78. The number of hydrogen-bond donors (Lipinski definition) is 1. The minimum absolute atomic E-state index is 0.164. The summed E-state index contributed by atoms with van der Waals surface area (Å²) in [6.45, 7) is 4.02. The van der Waals surface area contributed by atoms with Crippen LogP contribution >= 0.6 is 0 Å². The Labute approximate surface area is 157 Å². The van der Waals surface area contributed by atoms with E-state index in [4.69, 9.17) is 4.42 Å². The van der Waals surface area contributed by atoms with Crippen molar-refractivity contribution in [1.29, 1.82) is 0 Å². The van der Waals surface area contributed by atoms with Crippen molar-refractivity contribution in [2.75, 3.05) is 5.32 Å². The zero-order valence-corrected chi connectivity index (χ0v) is 15.3. The maximum absolute atomic E-state index is 12.6. The van der Waals surface area contributed by atoms with Crippen LogP contribution in [0.3, 0.4) is 0 Å². The van der Waals surface area contributed by atoms with Gasteiger partial charge in [-0.25, -0.2) is 4.98 Å². The summed E-state index contributed by atoms with van der Waals surface area (Å²) >= 11 is 0. The minimum atomic E-state index is -0.164. The van der Waals surface area contributed by atoms with Crippen molar-refractivity contribution >= 4 is 22.7 Å². The molecule has 4 heteroatoms. The molecule has 1 amide bonds. The first-order chi connectivity index (χ1) is 13.1. The fourth-order valence-corrected chi connectivity index (χ4v) is 3.21. The van der Waals surface area contributed by atoms with Crippen LogP contribution in [0, 0.1) is 13.8 Å². The van der Waals surface area contributed by atoms with Crippen LogP contribution in [0.5, 0.6) is 0 Å². The van der Waals surface area contributed by atoms with Crippen molar-refractivity contribution in [3.63, 3.8) is 0 Å². The summed E-state index contributed by atoms with van der Waals surface area (Å²) in [6.07, 6.45) is 0.625. The molecule has 0 fully saturated rings. The Hall–Kier alpha value is -3.40. The third-order valence-electron chi connectivity index (χ3n) is 4.37. The third kappa shape index (κ3) is 3.90. The molecule has 0 spiro atoms. The van der Waals surface area contributed by atoms with Gasteiger partial charge in [-0.15, -0.1) is 0 Å². The van der Waals surface area contributed by atoms with Gasteiger partial charge in [0.15, 0.2) is 11.5 Å². The minimum Gasteiger partial charge on any atom is -0.440 e. The number of amides is 1. The lowest BCUT2D eigenvalue weighted by atomic mass is 10.1. The van der Waals surface area contributed by atoms with Gasteiger partial charge >= 0.3 is 0 Å². The van der Waals surface area contributed by atoms with Gasteiger partial charge in [-0.1, -0.05) is 36.4 Å². The van der Waals surface area contributed by atoms with Crippen molar-refractivity contribution < 1.29 is 9.21 Å². The molecule has 0 saturated carbocycles. The van der Waals surface area contributed by atoms with Crippen molar-refractivity contribution in [3.05, 3.63) is 94.9 Å². The van der Waals surface area contributed by atoms with Crippen molar-refractivity contribution in [3.8, 4) is 0 Å². The number of nitrogens with one attached hydrogen (secondary N) is 1. The molecule has 1 heterocycles. The molecule has 1 N–H and O–H groups in total. The van der Waals surface area contributed by atoms with Crippen molar-refractivity contribution in [2.45, 2.75) is 20.3 Å². The standard InChI is InChI=1S/C23H20N2O2/c1-15-10-16(2)12-19(11-15)24-23(26)18-8-9-20-21(14-18)27-22(25-20)13-17-6-4-3-5-7-17/h3-12,14H,13H2,1-2H3,(H,24,26). The molecule has 0 unspecified atom stereocenters. The number of nitrogens with zero attached hydrogens (tertiary/aromatic N) is 1. The number of aromatic nitrogens is 1. The molecular weight excluding hydrogens is 336 g/mol. The van der Waals surface area contributed by atoms with Gasteiger partial charge in [0.2, 0.25) is 0 Å². The van der Waals surface area contributed by atoms with E-state index in [-0.39, 0.29) is 5.91 Å². The zero-order valence-electron chi connectivity index (χ0n) is 15.3. The number of aryl methyl sites for hydroxylation is 2. The number of anilines is 1. The first-order valence-corrected chi connectivity index (χ1v) is 8.90. The first kappa shape index (κ1) is 17.0. The Balaban J connectivity index is 1.56. The summed E-state index contributed by atoms with van der Waals surface area (Å²) in [7, 11) is 0. The van der Waals surface area contributed by atoms with Gasteiger partial charge < -0.3 is 9.73 Å². The molecule has 3 aromatic carbocycles. The zero-order chi connectivity index (χ0) is 18.8. The molecule has 0 saturated heterocycles. The number of oxazole rings is 1. The molecule has 134 valence electrons. The molecule has 1 aromatic heterocycles. The smallest absolute Gasteiger partial charge is 0.255 e. The quantitative estimate of drug-likeness (QED) is 0.541. The van der Waals surface area contributed by atoms with Crippen LogP contribution in [-0.2, 0) is 6.42 Å². The number of carbonyl (C=O) groups is 1.